The zero-order valence-corrected chi connectivity index (χ0v) is 18.9. The summed E-state index contributed by atoms with van der Waals surface area (Å²) < 4.78 is 4.92. The van der Waals surface area contributed by atoms with Crippen molar-refractivity contribution in [1.82, 2.24) is 4.98 Å². The van der Waals surface area contributed by atoms with E-state index in [1.54, 1.807) is 24.4 Å². The molecule has 0 aliphatic carbocycles. The Kier molecular flexibility index (Phi) is 5.72. The third-order valence-electron chi connectivity index (χ3n) is 6.32. The van der Waals surface area contributed by atoms with Crippen LogP contribution in [0.4, 0.5) is 17.1 Å². The van der Waals surface area contributed by atoms with E-state index in [2.05, 4.69) is 20.5 Å². The minimum atomic E-state index is -1.21. The number of piperidine rings is 1. The first-order chi connectivity index (χ1) is 16.5. The van der Waals surface area contributed by atoms with Gasteiger partial charge in [0.2, 0.25) is 5.79 Å². The molecule has 0 saturated carbocycles. The second-order valence-corrected chi connectivity index (χ2v) is 8.55. The molecule has 0 bridgehead atoms. The third-order valence-corrected chi connectivity index (χ3v) is 6.32. The molecule has 9 nitrogen and oxygen atoms in total. The van der Waals surface area contributed by atoms with Crippen LogP contribution in [0.5, 0.6) is 0 Å². The third kappa shape index (κ3) is 4.11. The molecule has 9 heteroatoms. The molecule has 0 amide bonds. The number of anilines is 3. The Labute approximate surface area is 197 Å². The van der Waals surface area contributed by atoms with Gasteiger partial charge in [-0.15, -0.1) is 0 Å². The number of aliphatic imine (C=N–C) groups is 1. The van der Waals surface area contributed by atoms with Gasteiger partial charge in [0.25, 0.3) is 0 Å². The maximum absolute atomic E-state index is 12.2. The van der Waals surface area contributed by atoms with Gasteiger partial charge in [0.15, 0.2) is 5.84 Å². The molecule has 3 heterocycles. The molecule has 2 aliphatic rings. The van der Waals surface area contributed by atoms with Gasteiger partial charge in [-0.05, 0) is 43.2 Å². The topological polar surface area (TPSA) is 128 Å². The molecule has 1 atom stereocenters. The number of aliphatic hydroxyl groups is 1. The van der Waals surface area contributed by atoms with Crippen LogP contribution < -0.4 is 21.3 Å². The van der Waals surface area contributed by atoms with Crippen LogP contribution in [0.1, 0.15) is 34.5 Å². The predicted molar refractivity (Wildman–Crippen MR) is 132 cm³/mol. The molecule has 3 aromatic rings. The van der Waals surface area contributed by atoms with E-state index in [1.165, 1.54) is 7.11 Å². The molecule has 2 aromatic carbocycles. The number of amidine groups is 1. The predicted octanol–water partition coefficient (Wildman–Crippen LogP) is 2.82. The second kappa shape index (κ2) is 8.85. The van der Waals surface area contributed by atoms with E-state index in [-0.39, 0.29) is 6.10 Å². The molecule has 6 N–H and O–H groups in total. The van der Waals surface area contributed by atoms with Gasteiger partial charge < -0.3 is 30.4 Å². The normalized spacial score (nSPS) is 20.2. The van der Waals surface area contributed by atoms with Crippen LogP contribution in [-0.2, 0) is 10.5 Å². The molecular weight excluding hydrogens is 432 g/mol. The molecule has 5 rings (SSSR count). The Morgan fingerprint density at radius 1 is 1.18 bits per heavy atom. The molecule has 1 saturated heterocycles. The van der Waals surface area contributed by atoms with Gasteiger partial charge in [0.05, 0.1) is 30.2 Å². The van der Waals surface area contributed by atoms with Crippen LogP contribution in [0.3, 0.4) is 0 Å². The summed E-state index contributed by atoms with van der Waals surface area (Å²) in [7, 11) is 1.35. The van der Waals surface area contributed by atoms with Crippen molar-refractivity contribution in [3.63, 3.8) is 0 Å². The number of esters is 1. The highest BCUT2D eigenvalue weighted by Gasteiger charge is 2.34. The average Bonchev–Trinajstić information content (AvgIpc) is 3.33. The number of nitrogens with two attached hydrogens (primary N) is 1. The number of carbonyl (C=O) groups excluding carboxylic acids is 1. The van der Waals surface area contributed by atoms with Gasteiger partial charge >= 0.3 is 5.97 Å². The van der Waals surface area contributed by atoms with Crippen molar-refractivity contribution < 1.29 is 14.6 Å². The number of benzene rings is 2. The first-order valence-electron chi connectivity index (χ1n) is 11.3. The summed E-state index contributed by atoms with van der Waals surface area (Å²) in [5.74, 6) is -1.15. The van der Waals surface area contributed by atoms with Crippen LogP contribution in [-0.4, -0.2) is 48.2 Å². The lowest BCUT2D eigenvalue weighted by Crippen LogP contribution is -2.47. The van der Waals surface area contributed by atoms with Gasteiger partial charge in [-0.25, -0.2) is 9.79 Å². The van der Waals surface area contributed by atoms with E-state index >= 15 is 0 Å². The summed E-state index contributed by atoms with van der Waals surface area (Å²) in [6, 6.07) is 17.0. The molecule has 2 aliphatic heterocycles. The molecule has 1 aromatic heterocycles. The minimum absolute atomic E-state index is 0.214. The summed E-state index contributed by atoms with van der Waals surface area (Å²) in [4.78, 5) is 22.5. The summed E-state index contributed by atoms with van der Waals surface area (Å²) >= 11 is 0. The number of hydrogen-bond acceptors (Lipinski definition) is 8. The van der Waals surface area contributed by atoms with Crippen molar-refractivity contribution in [3.8, 4) is 0 Å². The fraction of sp³-hybridized carbons (Fsp3) is 0.280. The van der Waals surface area contributed by atoms with Crippen LogP contribution in [0, 0.1) is 0 Å². The largest absolute Gasteiger partial charge is 0.465 e. The lowest BCUT2D eigenvalue weighted by molar-refractivity contribution is 0.0602. The molecule has 176 valence electrons. The fourth-order valence-corrected chi connectivity index (χ4v) is 4.42. The Morgan fingerprint density at radius 3 is 2.65 bits per heavy atom. The number of H-pyrrole nitrogens is 1. The molecule has 34 heavy (non-hydrogen) atoms. The molecular formula is C25H28N6O3. The zero-order valence-electron chi connectivity index (χ0n) is 18.9. The highest BCUT2D eigenvalue weighted by Crippen LogP contribution is 2.33. The van der Waals surface area contributed by atoms with E-state index in [1.807, 2.05) is 36.4 Å². The number of carbonyl (C=O) groups is 1. The maximum Gasteiger partial charge on any atom is 0.339 e. The van der Waals surface area contributed by atoms with Gasteiger partial charge in [-0.2, -0.15) is 0 Å². The van der Waals surface area contributed by atoms with Gasteiger partial charge in [-0.3, -0.25) is 5.73 Å². The molecule has 1 fully saturated rings. The standard InChI is InChI=1S/C25H28N6O3/c1-34-24(33)19-4-2-3-5-20(19)28-23-22-21(10-13-27-22)29-25(26,30-23)16-6-8-17(9-7-16)31-14-11-18(32)12-15-31/h2-10,13,18,27,29,32H,11-12,14-15,26H2,1H3,(H,28,30). The number of fused-ring (bicyclic) bond motifs is 1. The second-order valence-electron chi connectivity index (χ2n) is 8.55. The highest BCUT2D eigenvalue weighted by atomic mass is 16.5. The summed E-state index contributed by atoms with van der Waals surface area (Å²) in [5, 5.41) is 16.4. The van der Waals surface area contributed by atoms with Crippen LogP contribution >= 0.6 is 0 Å². The van der Waals surface area contributed by atoms with Crippen LogP contribution in [0.25, 0.3) is 0 Å². The van der Waals surface area contributed by atoms with Gasteiger partial charge in [0, 0.05) is 30.5 Å². The Hall–Kier alpha value is -3.82. The number of methoxy groups -OCH3 is 1. The SMILES string of the molecule is COC(=O)c1ccccc1NC1=NC(N)(c2ccc(N3CCC(O)CC3)cc2)Nc2cc[nH]c21. The number of hydrogen-bond donors (Lipinski definition) is 5. The quantitative estimate of drug-likeness (QED) is 0.379. The van der Waals surface area contributed by atoms with E-state index in [4.69, 9.17) is 15.5 Å². The van der Waals surface area contributed by atoms with E-state index in [0.29, 0.717) is 17.1 Å². The number of aromatic nitrogens is 1. The molecule has 0 radical (unpaired) electrons. The van der Waals surface area contributed by atoms with Crippen LogP contribution in [0.15, 0.2) is 65.8 Å². The van der Waals surface area contributed by atoms with Crippen molar-refractivity contribution in [2.24, 2.45) is 10.7 Å². The van der Waals surface area contributed by atoms with Crippen molar-refractivity contribution in [3.05, 3.63) is 77.6 Å². The Morgan fingerprint density at radius 2 is 1.91 bits per heavy atom. The van der Waals surface area contributed by atoms with Crippen molar-refractivity contribution >= 4 is 28.9 Å². The number of nitrogens with zero attached hydrogens (tertiary/aromatic N) is 2. The van der Waals surface area contributed by atoms with E-state index in [0.717, 1.165) is 48.6 Å². The van der Waals surface area contributed by atoms with Gasteiger partial charge in [-0.1, -0.05) is 24.3 Å². The Balaban J connectivity index is 1.46. The van der Waals surface area contributed by atoms with Crippen LogP contribution in [0.2, 0.25) is 0 Å². The lowest BCUT2D eigenvalue weighted by Gasteiger charge is -2.34. The molecule has 1 unspecified atom stereocenters. The number of rotatable bonds is 4. The monoisotopic (exact) mass is 460 g/mol. The van der Waals surface area contributed by atoms with E-state index < -0.39 is 11.8 Å². The smallest absolute Gasteiger partial charge is 0.339 e. The minimum Gasteiger partial charge on any atom is -0.465 e. The summed E-state index contributed by atoms with van der Waals surface area (Å²) in [6.45, 7) is 1.65. The number of aliphatic hydroxyl groups excluding tert-OH is 1. The fourth-order valence-electron chi connectivity index (χ4n) is 4.42. The maximum atomic E-state index is 12.2. The molecule has 0 spiro atoms. The van der Waals surface area contributed by atoms with Crippen molar-refractivity contribution in [1.29, 1.82) is 0 Å². The zero-order chi connectivity index (χ0) is 23.7. The number of nitrogens with one attached hydrogen (secondary N) is 3. The summed E-state index contributed by atoms with van der Waals surface area (Å²) in [6.07, 6.45) is 3.13. The first kappa shape index (κ1) is 22.0. The summed E-state index contributed by atoms with van der Waals surface area (Å²) in [5.41, 5.74) is 11.2. The van der Waals surface area contributed by atoms with Gasteiger partial charge in [0.1, 0.15) is 5.69 Å². The van der Waals surface area contributed by atoms with Crippen molar-refractivity contribution in [2.75, 3.05) is 35.7 Å². The van der Waals surface area contributed by atoms with E-state index in [9.17, 15) is 9.90 Å². The number of aromatic amines is 1. The average molecular weight is 461 g/mol. The van der Waals surface area contributed by atoms with Crippen molar-refractivity contribution in [2.45, 2.75) is 24.7 Å². The first-order valence-corrected chi connectivity index (χ1v) is 11.3. The Bertz CT molecular complexity index is 1210. The number of ether oxygens (including phenoxy) is 1. The lowest BCUT2D eigenvalue weighted by atomic mass is 10.0. The highest BCUT2D eigenvalue weighted by molar-refractivity contribution is 6.13. The number of para-hydroxylation sites is 1.